The number of hydrogen-bond donors (Lipinski definition) is 0. The molecule has 0 fully saturated rings. The van der Waals surface area contributed by atoms with Crippen LogP contribution in [0.3, 0.4) is 0 Å². The van der Waals surface area contributed by atoms with Crippen molar-refractivity contribution >= 4 is 5.91 Å². The average Bonchev–Trinajstić information content (AvgIpc) is 3.29. The molecule has 0 spiro atoms. The summed E-state index contributed by atoms with van der Waals surface area (Å²) in [5, 5.41) is 7.49. The van der Waals surface area contributed by atoms with Gasteiger partial charge >= 0.3 is 0 Å². The minimum atomic E-state index is -1.34. The maximum atomic E-state index is 13.2. The number of halogens is 1. The highest BCUT2D eigenvalue weighted by Crippen LogP contribution is 2.28. The number of rotatable bonds is 4. The van der Waals surface area contributed by atoms with Crippen LogP contribution in [0.15, 0.2) is 35.0 Å². The molecule has 1 aliphatic heterocycles. The molecule has 7 nitrogen and oxygen atoms in total. The van der Waals surface area contributed by atoms with Crippen molar-refractivity contribution in [3.63, 3.8) is 0 Å². The van der Waals surface area contributed by atoms with Crippen LogP contribution in [0.4, 0.5) is 4.39 Å². The fourth-order valence-electron chi connectivity index (χ4n) is 2.84. The fourth-order valence-corrected chi connectivity index (χ4v) is 2.84. The first-order valence-electron chi connectivity index (χ1n) is 7.89. The molecule has 0 radical (unpaired) electrons. The van der Waals surface area contributed by atoms with Gasteiger partial charge in [0.15, 0.2) is 6.17 Å². The van der Waals surface area contributed by atoms with Gasteiger partial charge in [0.2, 0.25) is 5.89 Å². The Kier molecular flexibility index (Phi) is 3.60. The summed E-state index contributed by atoms with van der Waals surface area (Å²) in [5.41, 5.74) is 2.77. The zero-order valence-corrected chi connectivity index (χ0v) is 13.8. The lowest BCUT2D eigenvalue weighted by Gasteiger charge is -2.15. The number of amides is 1. The van der Waals surface area contributed by atoms with E-state index in [9.17, 15) is 9.18 Å². The van der Waals surface area contributed by atoms with Crippen LogP contribution >= 0.6 is 0 Å². The van der Waals surface area contributed by atoms with E-state index in [1.165, 1.54) is 6.92 Å². The lowest BCUT2D eigenvalue weighted by Crippen LogP contribution is -2.24. The van der Waals surface area contributed by atoms with Crippen LogP contribution in [0.5, 0.6) is 0 Å². The number of pyridine rings is 1. The Bertz CT molecular complexity index is 946. The topological polar surface area (TPSA) is 77.1 Å². The number of carbonyl (C=O) groups is 1. The number of aryl methyl sites for hydroxylation is 1. The Morgan fingerprint density at radius 2 is 2.24 bits per heavy atom. The normalized spacial score (nSPS) is 14.8. The molecule has 1 atom stereocenters. The summed E-state index contributed by atoms with van der Waals surface area (Å²) in [7, 11) is 1.94. The molecule has 1 aliphatic rings. The summed E-state index contributed by atoms with van der Waals surface area (Å²) in [5.74, 6) is -0.0280. The summed E-state index contributed by atoms with van der Waals surface area (Å²) in [6.07, 6.45) is 2.17. The monoisotopic (exact) mass is 341 g/mol. The van der Waals surface area contributed by atoms with Crippen molar-refractivity contribution in [1.82, 2.24) is 24.6 Å². The second-order valence-corrected chi connectivity index (χ2v) is 6.05. The molecule has 4 rings (SSSR count). The SMILES string of the molecule is CC(F)c1nnc(-c2cnc3c(c2)C(=O)N(Cc2cccn2C)C3)o1. The minimum absolute atomic E-state index is 0.0906. The van der Waals surface area contributed by atoms with Gasteiger partial charge in [0, 0.05) is 25.1 Å². The van der Waals surface area contributed by atoms with Crippen molar-refractivity contribution in [2.24, 2.45) is 7.05 Å². The van der Waals surface area contributed by atoms with E-state index in [2.05, 4.69) is 15.2 Å². The predicted molar refractivity (Wildman–Crippen MR) is 86.0 cm³/mol. The molecule has 3 aromatic rings. The third-order valence-electron chi connectivity index (χ3n) is 4.26. The van der Waals surface area contributed by atoms with Gasteiger partial charge < -0.3 is 13.9 Å². The molecule has 0 aromatic carbocycles. The molecule has 0 saturated carbocycles. The van der Waals surface area contributed by atoms with Gasteiger partial charge in [-0.25, -0.2) is 4.39 Å². The maximum absolute atomic E-state index is 13.2. The molecule has 0 bridgehead atoms. The Morgan fingerprint density at radius 1 is 1.40 bits per heavy atom. The van der Waals surface area contributed by atoms with Crippen LogP contribution in [0, 0.1) is 0 Å². The van der Waals surface area contributed by atoms with Gasteiger partial charge in [0.1, 0.15) is 0 Å². The maximum Gasteiger partial charge on any atom is 0.256 e. The molecule has 0 saturated heterocycles. The molecule has 0 N–H and O–H groups in total. The molecule has 25 heavy (non-hydrogen) atoms. The molecule has 4 heterocycles. The van der Waals surface area contributed by atoms with E-state index in [1.807, 2.05) is 29.9 Å². The largest absolute Gasteiger partial charge is 0.417 e. The van der Waals surface area contributed by atoms with Crippen molar-refractivity contribution in [3.05, 3.63) is 53.4 Å². The molecule has 3 aromatic heterocycles. The Balaban J connectivity index is 1.60. The number of fused-ring (bicyclic) bond motifs is 1. The van der Waals surface area contributed by atoms with Crippen LogP contribution < -0.4 is 0 Å². The number of alkyl halides is 1. The van der Waals surface area contributed by atoms with Crippen molar-refractivity contribution in [2.75, 3.05) is 0 Å². The standard InChI is InChI=1S/C17H16FN5O2/c1-10(18)15-20-21-16(25-15)11-6-13-14(19-7-11)9-23(17(13)24)8-12-4-3-5-22(12)2/h3-7,10H,8-9H2,1-2H3. The fraction of sp³-hybridized carbons (Fsp3) is 0.294. The zero-order valence-electron chi connectivity index (χ0n) is 13.8. The Hall–Kier alpha value is -3.03. The average molecular weight is 341 g/mol. The number of nitrogens with zero attached hydrogens (tertiary/aromatic N) is 5. The van der Waals surface area contributed by atoms with Crippen LogP contribution in [0.25, 0.3) is 11.5 Å². The smallest absolute Gasteiger partial charge is 0.256 e. The number of hydrogen-bond acceptors (Lipinski definition) is 5. The summed E-state index contributed by atoms with van der Waals surface area (Å²) >= 11 is 0. The zero-order chi connectivity index (χ0) is 17.6. The van der Waals surface area contributed by atoms with Crippen molar-refractivity contribution < 1.29 is 13.6 Å². The molecular weight excluding hydrogens is 325 g/mol. The van der Waals surface area contributed by atoms with Gasteiger partial charge in [-0.05, 0) is 25.1 Å². The van der Waals surface area contributed by atoms with Gasteiger partial charge in [-0.3, -0.25) is 9.78 Å². The highest BCUT2D eigenvalue weighted by Gasteiger charge is 2.30. The molecule has 8 heteroatoms. The second-order valence-electron chi connectivity index (χ2n) is 6.05. The summed E-state index contributed by atoms with van der Waals surface area (Å²) < 4.78 is 20.5. The molecular formula is C17H16FN5O2. The first-order chi connectivity index (χ1) is 12.0. The van der Waals surface area contributed by atoms with Crippen molar-refractivity contribution in [1.29, 1.82) is 0 Å². The van der Waals surface area contributed by atoms with E-state index in [1.54, 1.807) is 17.2 Å². The lowest BCUT2D eigenvalue weighted by molar-refractivity contribution is 0.0763. The van der Waals surface area contributed by atoms with Gasteiger partial charge in [-0.2, -0.15) is 0 Å². The van der Waals surface area contributed by atoms with Gasteiger partial charge in [0.25, 0.3) is 11.8 Å². The number of carbonyl (C=O) groups excluding carboxylic acids is 1. The van der Waals surface area contributed by atoms with Crippen LogP contribution in [0.2, 0.25) is 0 Å². The van der Waals surface area contributed by atoms with E-state index in [0.717, 1.165) is 5.69 Å². The minimum Gasteiger partial charge on any atom is -0.417 e. The third-order valence-corrected chi connectivity index (χ3v) is 4.26. The Labute approximate surface area is 143 Å². The first-order valence-corrected chi connectivity index (χ1v) is 7.89. The molecule has 0 aliphatic carbocycles. The predicted octanol–water partition coefficient (Wildman–Crippen LogP) is 2.66. The summed E-state index contributed by atoms with van der Waals surface area (Å²) in [6, 6.07) is 5.60. The van der Waals surface area contributed by atoms with E-state index >= 15 is 0 Å². The van der Waals surface area contributed by atoms with Gasteiger partial charge in [-0.15, -0.1) is 10.2 Å². The highest BCUT2D eigenvalue weighted by atomic mass is 19.1. The van der Waals surface area contributed by atoms with Crippen LogP contribution in [-0.2, 0) is 20.1 Å². The molecule has 128 valence electrons. The summed E-state index contributed by atoms with van der Waals surface area (Å²) in [4.78, 5) is 18.8. The van der Waals surface area contributed by atoms with E-state index in [0.29, 0.717) is 29.9 Å². The second kappa shape index (κ2) is 5.80. The highest BCUT2D eigenvalue weighted by molar-refractivity contribution is 5.98. The molecule has 1 unspecified atom stereocenters. The third kappa shape index (κ3) is 2.69. The quantitative estimate of drug-likeness (QED) is 0.729. The van der Waals surface area contributed by atoms with Gasteiger partial charge in [0.05, 0.1) is 29.9 Å². The van der Waals surface area contributed by atoms with Gasteiger partial charge in [-0.1, -0.05) is 0 Å². The Morgan fingerprint density at radius 3 is 2.92 bits per heavy atom. The van der Waals surface area contributed by atoms with E-state index in [4.69, 9.17) is 4.42 Å². The van der Waals surface area contributed by atoms with Crippen molar-refractivity contribution in [2.45, 2.75) is 26.2 Å². The lowest BCUT2D eigenvalue weighted by atomic mass is 10.1. The molecule has 1 amide bonds. The number of aromatic nitrogens is 4. The van der Waals surface area contributed by atoms with E-state index < -0.39 is 6.17 Å². The summed E-state index contributed by atoms with van der Waals surface area (Å²) in [6.45, 7) is 2.29. The van der Waals surface area contributed by atoms with Crippen LogP contribution in [0.1, 0.15) is 40.7 Å². The van der Waals surface area contributed by atoms with Crippen molar-refractivity contribution in [3.8, 4) is 11.5 Å². The van der Waals surface area contributed by atoms with Crippen LogP contribution in [-0.4, -0.2) is 30.6 Å². The van der Waals surface area contributed by atoms with E-state index in [-0.39, 0.29) is 17.7 Å². The first kappa shape index (κ1) is 15.5.